The maximum atomic E-state index is 13.0. The van der Waals surface area contributed by atoms with Crippen molar-refractivity contribution >= 4 is 17.9 Å². The number of piperidine rings is 2. The first kappa shape index (κ1) is 26.6. The van der Waals surface area contributed by atoms with Gasteiger partial charge in [0.2, 0.25) is 11.8 Å². The second-order valence-electron chi connectivity index (χ2n) is 10.3. The van der Waals surface area contributed by atoms with E-state index in [1.807, 2.05) is 37.8 Å². The molecule has 0 saturated carbocycles. The van der Waals surface area contributed by atoms with Gasteiger partial charge >= 0.3 is 6.09 Å². The van der Waals surface area contributed by atoms with E-state index in [9.17, 15) is 14.4 Å². The first-order chi connectivity index (χ1) is 16.6. The lowest BCUT2D eigenvalue weighted by Crippen LogP contribution is -2.53. The average Bonchev–Trinajstić information content (AvgIpc) is 2.83. The Balaban J connectivity index is 1.53. The second kappa shape index (κ2) is 11.6. The van der Waals surface area contributed by atoms with Crippen LogP contribution in [0.4, 0.5) is 4.79 Å². The fraction of sp³-hybridized carbons (Fsp3) is 0.654. The van der Waals surface area contributed by atoms with Crippen molar-refractivity contribution in [2.75, 3.05) is 40.4 Å². The van der Waals surface area contributed by atoms with Gasteiger partial charge in [0.25, 0.3) is 0 Å². The molecule has 0 aromatic heterocycles. The van der Waals surface area contributed by atoms with Crippen LogP contribution < -0.4 is 14.8 Å². The fourth-order valence-corrected chi connectivity index (χ4v) is 4.60. The summed E-state index contributed by atoms with van der Waals surface area (Å²) in [5, 5.41) is 3.13. The molecule has 9 nitrogen and oxygen atoms in total. The van der Waals surface area contributed by atoms with E-state index in [0.717, 1.165) is 31.2 Å². The summed E-state index contributed by atoms with van der Waals surface area (Å²) in [5.41, 5.74) is 0.282. The van der Waals surface area contributed by atoms with Gasteiger partial charge in [-0.25, -0.2) is 4.79 Å². The maximum absolute atomic E-state index is 13.0. The van der Waals surface area contributed by atoms with Crippen molar-refractivity contribution in [1.29, 1.82) is 0 Å². The van der Waals surface area contributed by atoms with Gasteiger partial charge < -0.3 is 29.3 Å². The summed E-state index contributed by atoms with van der Waals surface area (Å²) in [6.07, 6.45) is 3.04. The molecule has 1 N–H and O–H groups in total. The van der Waals surface area contributed by atoms with Crippen LogP contribution in [-0.4, -0.2) is 79.7 Å². The number of carbonyl (C=O) groups is 3. The van der Waals surface area contributed by atoms with E-state index in [4.69, 9.17) is 14.2 Å². The van der Waals surface area contributed by atoms with Crippen LogP contribution in [-0.2, 0) is 20.7 Å². The molecule has 194 valence electrons. The number of nitrogens with zero attached hydrogens (tertiary/aromatic N) is 2. The Morgan fingerprint density at radius 1 is 0.971 bits per heavy atom. The molecule has 2 atom stereocenters. The number of hydrogen-bond acceptors (Lipinski definition) is 6. The monoisotopic (exact) mass is 489 g/mol. The van der Waals surface area contributed by atoms with Gasteiger partial charge in [0.1, 0.15) is 5.60 Å². The molecule has 2 fully saturated rings. The number of rotatable bonds is 6. The Bertz CT molecular complexity index is 913. The molecule has 1 aromatic carbocycles. The number of likely N-dealkylation sites (tertiary alicyclic amines) is 2. The molecule has 3 amide bonds. The lowest BCUT2D eigenvalue weighted by molar-refractivity contribution is -0.134. The van der Waals surface area contributed by atoms with E-state index in [2.05, 4.69) is 5.32 Å². The van der Waals surface area contributed by atoms with Gasteiger partial charge in [-0.15, -0.1) is 0 Å². The number of ether oxygens (including phenoxy) is 3. The van der Waals surface area contributed by atoms with E-state index in [0.29, 0.717) is 37.7 Å². The van der Waals surface area contributed by atoms with Crippen LogP contribution >= 0.6 is 0 Å². The van der Waals surface area contributed by atoms with E-state index in [-0.39, 0.29) is 36.3 Å². The quantitative estimate of drug-likeness (QED) is 0.660. The molecule has 0 aliphatic carbocycles. The number of benzene rings is 1. The van der Waals surface area contributed by atoms with Gasteiger partial charge in [-0.3, -0.25) is 9.59 Å². The largest absolute Gasteiger partial charge is 0.493 e. The standard InChI is InChI=1S/C26H39N3O6/c1-26(2,3)35-25(32)29-13-6-8-19(16-29)24(31)27-20-9-7-12-28(17-20)23(30)15-18-10-11-21(33-4)22(14-18)34-5/h10-11,14,19-20H,6-9,12-13,15-17H2,1-5H3,(H,27,31)/t19-,20-/m1/s1. The minimum atomic E-state index is -0.568. The summed E-state index contributed by atoms with van der Waals surface area (Å²) in [6.45, 7) is 7.62. The van der Waals surface area contributed by atoms with Crippen LogP contribution in [0.2, 0.25) is 0 Å². The molecule has 0 spiro atoms. The number of methoxy groups -OCH3 is 2. The Hall–Kier alpha value is -2.97. The average molecular weight is 490 g/mol. The van der Waals surface area contributed by atoms with Gasteiger partial charge in [0, 0.05) is 32.2 Å². The van der Waals surface area contributed by atoms with Crippen molar-refractivity contribution in [3.05, 3.63) is 23.8 Å². The van der Waals surface area contributed by atoms with Gasteiger partial charge in [0.15, 0.2) is 11.5 Å². The minimum absolute atomic E-state index is 0.0185. The zero-order valence-electron chi connectivity index (χ0n) is 21.6. The lowest BCUT2D eigenvalue weighted by atomic mass is 9.96. The van der Waals surface area contributed by atoms with Crippen LogP contribution in [0, 0.1) is 5.92 Å². The van der Waals surface area contributed by atoms with Crippen molar-refractivity contribution in [3.8, 4) is 11.5 Å². The highest BCUT2D eigenvalue weighted by Gasteiger charge is 2.33. The topological polar surface area (TPSA) is 97.4 Å². The summed E-state index contributed by atoms with van der Waals surface area (Å²) in [6, 6.07) is 5.38. The summed E-state index contributed by atoms with van der Waals surface area (Å²) >= 11 is 0. The van der Waals surface area contributed by atoms with E-state index >= 15 is 0 Å². The first-order valence-electron chi connectivity index (χ1n) is 12.4. The fourth-order valence-electron chi connectivity index (χ4n) is 4.60. The molecule has 0 bridgehead atoms. The summed E-state index contributed by atoms with van der Waals surface area (Å²) in [7, 11) is 3.15. The summed E-state index contributed by atoms with van der Waals surface area (Å²) in [5.74, 6) is 0.906. The van der Waals surface area contributed by atoms with Crippen molar-refractivity contribution < 1.29 is 28.6 Å². The second-order valence-corrected chi connectivity index (χ2v) is 10.3. The predicted octanol–water partition coefficient (Wildman–Crippen LogP) is 3.00. The Kier molecular flexibility index (Phi) is 8.86. The van der Waals surface area contributed by atoms with E-state index < -0.39 is 5.60 Å². The van der Waals surface area contributed by atoms with Gasteiger partial charge in [-0.2, -0.15) is 0 Å². The molecule has 3 rings (SSSR count). The maximum Gasteiger partial charge on any atom is 0.410 e. The number of nitrogens with one attached hydrogen (secondary N) is 1. The third-order valence-electron chi connectivity index (χ3n) is 6.37. The lowest BCUT2D eigenvalue weighted by Gasteiger charge is -2.36. The van der Waals surface area contributed by atoms with Crippen LogP contribution in [0.5, 0.6) is 11.5 Å². The molecule has 1 aromatic rings. The zero-order valence-corrected chi connectivity index (χ0v) is 21.6. The molecular weight excluding hydrogens is 450 g/mol. The Morgan fingerprint density at radius 2 is 1.66 bits per heavy atom. The molecule has 2 saturated heterocycles. The molecule has 0 unspecified atom stereocenters. The van der Waals surface area contributed by atoms with Crippen molar-refractivity contribution in [2.24, 2.45) is 5.92 Å². The minimum Gasteiger partial charge on any atom is -0.493 e. The highest BCUT2D eigenvalue weighted by atomic mass is 16.6. The van der Waals surface area contributed by atoms with Crippen molar-refractivity contribution in [1.82, 2.24) is 15.1 Å². The molecule has 9 heteroatoms. The summed E-state index contributed by atoms with van der Waals surface area (Å²) in [4.78, 5) is 41.8. The molecule has 2 heterocycles. The molecular formula is C26H39N3O6. The van der Waals surface area contributed by atoms with Gasteiger partial charge in [0.05, 0.1) is 26.6 Å². The van der Waals surface area contributed by atoms with Crippen LogP contribution in [0.25, 0.3) is 0 Å². The third-order valence-corrected chi connectivity index (χ3v) is 6.37. The molecule has 0 radical (unpaired) electrons. The van der Waals surface area contributed by atoms with Gasteiger partial charge in [-0.05, 0) is 64.2 Å². The molecule has 2 aliphatic heterocycles. The SMILES string of the molecule is COc1ccc(CC(=O)N2CCC[C@@H](NC(=O)[C@@H]3CCCN(C(=O)OC(C)(C)C)C3)C2)cc1OC. The summed E-state index contributed by atoms with van der Waals surface area (Å²) < 4.78 is 16.1. The zero-order chi connectivity index (χ0) is 25.6. The molecule has 35 heavy (non-hydrogen) atoms. The third kappa shape index (κ3) is 7.50. The molecule has 2 aliphatic rings. The van der Waals surface area contributed by atoms with Crippen LogP contribution in [0.3, 0.4) is 0 Å². The van der Waals surface area contributed by atoms with Crippen LogP contribution in [0.1, 0.15) is 52.0 Å². The number of hydrogen-bond donors (Lipinski definition) is 1. The highest BCUT2D eigenvalue weighted by molar-refractivity contribution is 5.81. The Labute approximate surface area is 208 Å². The number of amides is 3. The van der Waals surface area contributed by atoms with Gasteiger partial charge in [-0.1, -0.05) is 6.07 Å². The van der Waals surface area contributed by atoms with Crippen LogP contribution in [0.15, 0.2) is 18.2 Å². The van der Waals surface area contributed by atoms with Crippen molar-refractivity contribution in [3.63, 3.8) is 0 Å². The normalized spacial score (nSPS) is 20.7. The predicted molar refractivity (Wildman–Crippen MR) is 132 cm³/mol. The van der Waals surface area contributed by atoms with Crippen molar-refractivity contribution in [2.45, 2.75) is 64.5 Å². The smallest absolute Gasteiger partial charge is 0.410 e. The van der Waals surface area contributed by atoms with E-state index in [1.165, 1.54) is 0 Å². The number of carbonyl (C=O) groups excluding carboxylic acids is 3. The van der Waals surface area contributed by atoms with E-state index in [1.54, 1.807) is 25.2 Å². The first-order valence-corrected chi connectivity index (χ1v) is 12.4. The highest BCUT2D eigenvalue weighted by Crippen LogP contribution is 2.28. The Morgan fingerprint density at radius 3 is 2.34 bits per heavy atom.